The van der Waals surface area contributed by atoms with Crippen LogP contribution in [0, 0.1) is 5.82 Å². The van der Waals surface area contributed by atoms with Gasteiger partial charge in [-0.2, -0.15) is 0 Å². The number of benzene rings is 2. The van der Waals surface area contributed by atoms with E-state index in [1.54, 1.807) is 12.1 Å². The fraction of sp³-hybridized carbons (Fsp3) is 0.188. The first kappa shape index (κ1) is 13.6. The van der Waals surface area contributed by atoms with Gasteiger partial charge in [-0.1, -0.05) is 36.4 Å². The van der Waals surface area contributed by atoms with E-state index in [0.717, 1.165) is 11.1 Å². The van der Waals surface area contributed by atoms with Crippen molar-refractivity contribution in [2.75, 3.05) is 5.32 Å². The molecule has 4 nitrogen and oxygen atoms in total. The molecule has 0 heterocycles. The average Bonchev–Trinajstić information content (AvgIpc) is 2.78. The predicted octanol–water partition coefficient (Wildman–Crippen LogP) is 2.61. The Morgan fingerprint density at radius 2 is 1.86 bits per heavy atom. The van der Waals surface area contributed by atoms with Crippen molar-refractivity contribution < 1.29 is 14.3 Å². The Balaban J connectivity index is 1.72. The van der Waals surface area contributed by atoms with Gasteiger partial charge in [0.1, 0.15) is 5.82 Å². The Morgan fingerprint density at radius 1 is 1.14 bits per heavy atom. The van der Waals surface area contributed by atoms with Gasteiger partial charge in [0.2, 0.25) is 0 Å². The van der Waals surface area contributed by atoms with Crippen LogP contribution in [0.5, 0.6) is 0 Å². The summed E-state index contributed by atoms with van der Waals surface area (Å²) in [4.78, 5) is 12.0. The fourth-order valence-corrected chi connectivity index (χ4v) is 2.61. The Morgan fingerprint density at radius 3 is 2.67 bits per heavy atom. The molecule has 3 rings (SSSR count). The Hall–Kier alpha value is -2.40. The molecule has 0 bridgehead atoms. The van der Waals surface area contributed by atoms with Crippen LogP contribution >= 0.6 is 0 Å². The maximum Gasteiger partial charge on any atom is 0.319 e. The van der Waals surface area contributed by atoms with Crippen LogP contribution in [-0.4, -0.2) is 17.2 Å². The molecule has 0 saturated carbocycles. The first-order chi connectivity index (χ1) is 10.1. The third kappa shape index (κ3) is 2.73. The zero-order chi connectivity index (χ0) is 14.8. The molecule has 108 valence electrons. The lowest BCUT2D eigenvalue weighted by Crippen LogP contribution is -2.37. The third-order valence-corrected chi connectivity index (χ3v) is 3.61. The van der Waals surface area contributed by atoms with Gasteiger partial charge in [-0.3, -0.25) is 0 Å². The highest BCUT2D eigenvalue weighted by Crippen LogP contribution is 2.31. The molecule has 0 aliphatic heterocycles. The molecule has 0 fully saturated rings. The van der Waals surface area contributed by atoms with Crippen molar-refractivity contribution in [2.24, 2.45) is 0 Å². The van der Waals surface area contributed by atoms with Crippen molar-refractivity contribution >= 4 is 11.7 Å². The van der Waals surface area contributed by atoms with Crippen LogP contribution < -0.4 is 10.6 Å². The number of hydrogen-bond acceptors (Lipinski definition) is 2. The van der Waals surface area contributed by atoms with Gasteiger partial charge < -0.3 is 15.7 Å². The summed E-state index contributed by atoms with van der Waals surface area (Å²) < 4.78 is 13.5. The molecule has 2 aromatic rings. The number of hydrogen-bond donors (Lipinski definition) is 3. The fourth-order valence-electron chi connectivity index (χ4n) is 2.61. The number of rotatable bonds is 2. The largest absolute Gasteiger partial charge is 0.390 e. The van der Waals surface area contributed by atoms with Crippen LogP contribution in [0.25, 0.3) is 0 Å². The van der Waals surface area contributed by atoms with E-state index < -0.39 is 24.0 Å². The minimum atomic E-state index is -0.672. The molecule has 1 aliphatic rings. The van der Waals surface area contributed by atoms with Crippen LogP contribution in [-0.2, 0) is 6.42 Å². The van der Waals surface area contributed by atoms with E-state index in [1.165, 1.54) is 12.1 Å². The van der Waals surface area contributed by atoms with Crippen molar-refractivity contribution in [1.29, 1.82) is 0 Å². The highest BCUT2D eigenvalue weighted by molar-refractivity contribution is 5.89. The van der Waals surface area contributed by atoms with Crippen LogP contribution in [0.3, 0.4) is 0 Å². The summed E-state index contributed by atoms with van der Waals surface area (Å²) in [5.41, 5.74) is 2.02. The summed E-state index contributed by atoms with van der Waals surface area (Å²) >= 11 is 0. The van der Waals surface area contributed by atoms with Crippen LogP contribution in [0.2, 0.25) is 0 Å². The van der Waals surface area contributed by atoms with Gasteiger partial charge in [0.25, 0.3) is 0 Å². The normalized spacial score (nSPS) is 19.9. The zero-order valence-corrected chi connectivity index (χ0v) is 11.2. The molecular formula is C16H15FN2O2. The SMILES string of the molecule is O=C(Nc1ccccc1F)NC1c2ccccc2CC1O. The molecule has 21 heavy (non-hydrogen) atoms. The molecule has 2 amide bonds. The van der Waals surface area contributed by atoms with Gasteiger partial charge in [0.05, 0.1) is 17.8 Å². The van der Waals surface area contributed by atoms with E-state index in [4.69, 9.17) is 0 Å². The standard InChI is InChI=1S/C16H15FN2O2/c17-12-7-3-4-8-13(12)18-16(21)19-15-11-6-2-1-5-10(11)9-14(15)20/h1-8,14-15,20H,9H2,(H2,18,19,21). The summed E-state index contributed by atoms with van der Waals surface area (Å²) in [5, 5.41) is 15.2. The van der Waals surface area contributed by atoms with E-state index in [-0.39, 0.29) is 5.69 Å². The monoisotopic (exact) mass is 286 g/mol. The topological polar surface area (TPSA) is 61.4 Å². The zero-order valence-electron chi connectivity index (χ0n) is 11.2. The molecule has 0 saturated heterocycles. The van der Waals surface area contributed by atoms with E-state index in [1.807, 2.05) is 24.3 Å². The van der Waals surface area contributed by atoms with Gasteiger partial charge >= 0.3 is 6.03 Å². The van der Waals surface area contributed by atoms with E-state index in [9.17, 15) is 14.3 Å². The Bertz CT molecular complexity index is 675. The molecular weight excluding hydrogens is 271 g/mol. The first-order valence-electron chi connectivity index (χ1n) is 6.73. The summed E-state index contributed by atoms with van der Waals surface area (Å²) in [5.74, 6) is -0.500. The number of amides is 2. The average molecular weight is 286 g/mol. The summed E-state index contributed by atoms with van der Waals surface area (Å²) in [6.45, 7) is 0. The molecule has 2 unspecified atom stereocenters. The lowest BCUT2D eigenvalue weighted by Gasteiger charge is -2.18. The second-order valence-corrected chi connectivity index (χ2v) is 5.03. The number of anilines is 1. The molecule has 3 N–H and O–H groups in total. The second kappa shape index (κ2) is 5.54. The number of halogens is 1. The number of urea groups is 1. The molecule has 0 spiro atoms. The minimum Gasteiger partial charge on any atom is -0.390 e. The summed E-state index contributed by atoms with van der Waals surface area (Å²) in [6, 6.07) is 12.5. The maximum absolute atomic E-state index is 13.5. The number of aliphatic hydroxyl groups is 1. The van der Waals surface area contributed by atoms with Crippen LogP contribution in [0.1, 0.15) is 17.2 Å². The second-order valence-electron chi connectivity index (χ2n) is 5.03. The van der Waals surface area contributed by atoms with E-state index in [0.29, 0.717) is 6.42 Å². The lowest BCUT2D eigenvalue weighted by molar-refractivity contribution is 0.144. The smallest absolute Gasteiger partial charge is 0.319 e. The van der Waals surface area contributed by atoms with Gasteiger partial charge in [0, 0.05) is 6.42 Å². The van der Waals surface area contributed by atoms with Crippen molar-refractivity contribution in [3.63, 3.8) is 0 Å². The molecule has 1 aliphatic carbocycles. The van der Waals surface area contributed by atoms with Crippen molar-refractivity contribution in [3.05, 3.63) is 65.5 Å². The number of carbonyl (C=O) groups is 1. The van der Waals surface area contributed by atoms with Crippen molar-refractivity contribution in [2.45, 2.75) is 18.6 Å². The van der Waals surface area contributed by atoms with Gasteiger partial charge in [-0.15, -0.1) is 0 Å². The quantitative estimate of drug-likeness (QED) is 0.794. The number of carbonyl (C=O) groups excluding carboxylic acids is 1. The predicted molar refractivity (Wildman–Crippen MR) is 77.4 cm³/mol. The van der Waals surface area contributed by atoms with E-state index in [2.05, 4.69) is 10.6 Å². The van der Waals surface area contributed by atoms with Crippen molar-refractivity contribution in [3.8, 4) is 0 Å². The van der Waals surface area contributed by atoms with E-state index >= 15 is 0 Å². The number of para-hydroxylation sites is 1. The maximum atomic E-state index is 13.5. The Kier molecular flexibility index (Phi) is 3.58. The number of aliphatic hydroxyl groups excluding tert-OH is 1. The summed E-state index contributed by atoms with van der Waals surface area (Å²) in [6.07, 6.45) is -0.172. The first-order valence-corrected chi connectivity index (χ1v) is 6.73. The minimum absolute atomic E-state index is 0.107. The van der Waals surface area contributed by atoms with Gasteiger partial charge in [-0.25, -0.2) is 9.18 Å². The highest BCUT2D eigenvalue weighted by Gasteiger charge is 2.31. The molecule has 0 aromatic heterocycles. The molecule has 5 heteroatoms. The highest BCUT2D eigenvalue weighted by atomic mass is 19.1. The summed E-state index contributed by atoms with van der Waals surface area (Å²) in [7, 11) is 0. The molecule has 0 radical (unpaired) electrons. The number of nitrogens with one attached hydrogen (secondary N) is 2. The van der Waals surface area contributed by atoms with Gasteiger partial charge in [0.15, 0.2) is 0 Å². The van der Waals surface area contributed by atoms with Crippen LogP contribution in [0.4, 0.5) is 14.9 Å². The molecule has 2 atom stereocenters. The van der Waals surface area contributed by atoms with Crippen molar-refractivity contribution in [1.82, 2.24) is 5.32 Å². The molecule has 2 aromatic carbocycles. The van der Waals surface area contributed by atoms with Crippen LogP contribution in [0.15, 0.2) is 48.5 Å². The Labute approximate surface area is 121 Å². The lowest BCUT2D eigenvalue weighted by atomic mass is 10.1. The number of fused-ring (bicyclic) bond motifs is 1. The van der Waals surface area contributed by atoms with Gasteiger partial charge in [-0.05, 0) is 23.3 Å². The third-order valence-electron chi connectivity index (χ3n) is 3.61.